The molecule has 0 aliphatic rings. The third-order valence-corrected chi connectivity index (χ3v) is 3.10. The lowest BCUT2D eigenvalue weighted by atomic mass is 9.76. The van der Waals surface area contributed by atoms with Crippen LogP contribution in [0.25, 0.3) is 0 Å². The van der Waals surface area contributed by atoms with Crippen molar-refractivity contribution in [1.29, 1.82) is 0 Å². The standard InChI is InChI=1S/C12H25BN6O6/c14-7(3-4-10(21)22)11(23)18-6-9(20)19-8(13(24)25)2-1-5-17-12(15)16/h7-8,24-25H,1-6,14H2,(H,18,23)(H,19,20)(H,21,22)(H4,15,16,17)/t7-,8-/m0/s1. The van der Waals surface area contributed by atoms with Gasteiger partial charge in [-0.15, -0.1) is 0 Å². The van der Waals surface area contributed by atoms with Crippen LogP contribution in [0.4, 0.5) is 0 Å². The maximum atomic E-state index is 11.7. The second-order valence-corrected chi connectivity index (χ2v) is 5.29. The Morgan fingerprint density at radius 1 is 1.16 bits per heavy atom. The number of carboxylic acids is 1. The smallest absolute Gasteiger partial charge is 0.475 e. The van der Waals surface area contributed by atoms with Crippen LogP contribution in [-0.4, -0.2) is 71.1 Å². The number of aliphatic carboxylic acids is 1. The minimum absolute atomic E-state index is 0.0639. The molecule has 0 aliphatic heterocycles. The number of nitrogens with two attached hydrogens (primary N) is 3. The van der Waals surface area contributed by atoms with Crippen LogP contribution in [0.15, 0.2) is 4.99 Å². The highest BCUT2D eigenvalue weighted by atomic mass is 16.4. The predicted molar refractivity (Wildman–Crippen MR) is 89.9 cm³/mol. The normalized spacial score (nSPS) is 12.6. The van der Waals surface area contributed by atoms with E-state index in [-0.39, 0.29) is 31.8 Å². The second kappa shape index (κ2) is 12.1. The number of carbonyl (C=O) groups excluding carboxylic acids is 2. The molecule has 0 radical (unpaired) electrons. The highest BCUT2D eigenvalue weighted by molar-refractivity contribution is 6.43. The van der Waals surface area contributed by atoms with Gasteiger partial charge in [0, 0.05) is 13.0 Å². The predicted octanol–water partition coefficient (Wildman–Crippen LogP) is -4.15. The van der Waals surface area contributed by atoms with Crippen LogP contribution in [0, 0.1) is 0 Å². The molecule has 0 aromatic heterocycles. The molecule has 25 heavy (non-hydrogen) atoms. The minimum atomic E-state index is -1.79. The Labute approximate surface area is 145 Å². The van der Waals surface area contributed by atoms with E-state index in [0.29, 0.717) is 6.42 Å². The maximum Gasteiger partial charge on any atom is 0.475 e. The number of nitrogens with zero attached hydrogens (tertiary/aromatic N) is 1. The van der Waals surface area contributed by atoms with Crippen LogP contribution in [0.5, 0.6) is 0 Å². The first-order valence-corrected chi connectivity index (χ1v) is 7.59. The molecule has 0 unspecified atom stereocenters. The molecular formula is C12H25BN6O6. The lowest BCUT2D eigenvalue weighted by molar-refractivity contribution is -0.137. The van der Waals surface area contributed by atoms with E-state index in [1.807, 2.05) is 0 Å². The van der Waals surface area contributed by atoms with Crippen molar-refractivity contribution in [3.05, 3.63) is 0 Å². The number of amides is 2. The lowest BCUT2D eigenvalue weighted by Gasteiger charge is -2.18. The van der Waals surface area contributed by atoms with Gasteiger partial charge in [-0.25, -0.2) is 0 Å². The van der Waals surface area contributed by atoms with Crippen molar-refractivity contribution in [1.82, 2.24) is 10.6 Å². The number of carbonyl (C=O) groups is 3. The minimum Gasteiger partial charge on any atom is -0.481 e. The topological polar surface area (TPSA) is 226 Å². The molecule has 13 heteroatoms. The number of rotatable bonds is 12. The van der Waals surface area contributed by atoms with Gasteiger partial charge in [0.25, 0.3) is 0 Å². The Morgan fingerprint density at radius 3 is 2.32 bits per heavy atom. The SMILES string of the molecule is NC(N)=NCCC[C@H](NC(=O)CNC(=O)[C@@H](N)CCC(=O)O)B(O)O. The van der Waals surface area contributed by atoms with Gasteiger partial charge >= 0.3 is 13.1 Å². The molecule has 0 rings (SSSR count). The molecule has 0 aromatic rings. The van der Waals surface area contributed by atoms with E-state index in [1.165, 1.54) is 0 Å². The second-order valence-electron chi connectivity index (χ2n) is 5.29. The average Bonchev–Trinajstić information content (AvgIpc) is 2.52. The van der Waals surface area contributed by atoms with E-state index in [2.05, 4.69) is 15.6 Å². The number of guanidine groups is 1. The zero-order valence-corrected chi connectivity index (χ0v) is 13.7. The van der Waals surface area contributed by atoms with Crippen molar-refractivity contribution in [2.24, 2.45) is 22.2 Å². The van der Waals surface area contributed by atoms with Crippen LogP contribution < -0.4 is 27.8 Å². The van der Waals surface area contributed by atoms with Crippen molar-refractivity contribution in [2.45, 2.75) is 37.7 Å². The van der Waals surface area contributed by atoms with Crippen LogP contribution in [0.2, 0.25) is 0 Å². The fraction of sp³-hybridized carbons (Fsp3) is 0.667. The van der Waals surface area contributed by atoms with Crippen molar-refractivity contribution >= 4 is 30.9 Å². The van der Waals surface area contributed by atoms with Gasteiger partial charge in [0.05, 0.1) is 18.5 Å². The largest absolute Gasteiger partial charge is 0.481 e. The number of carboxylic acid groups (broad SMARTS) is 1. The van der Waals surface area contributed by atoms with E-state index >= 15 is 0 Å². The zero-order valence-electron chi connectivity index (χ0n) is 13.7. The summed E-state index contributed by atoms with van der Waals surface area (Å²) in [5.74, 6) is -3.46. The van der Waals surface area contributed by atoms with Crippen molar-refractivity contribution in [3.8, 4) is 0 Å². The van der Waals surface area contributed by atoms with Gasteiger partial charge < -0.3 is 43.0 Å². The molecule has 0 heterocycles. The van der Waals surface area contributed by atoms with Gasteiger partial charge in [-0.1, -0.05) is 0 Å². The van der Waals surface area contributed by atoms with Crippen LogP contribution in [0.1, 0.15) is 25.7 Å². The van der Waals surface area contributed by atoms with Crippen LogP contribution in [0.3, 0.4) is 0 Å². The zero-order chi connectivity index (χ0) is 19.4. The molecule has 12 nitrogen and oxygen atoms in total. The molecule has 0 aliphatic carbocycles. The monoisotopic (exact) mass is 360 g/mol. The summed E-state index contributed by atoms with van der Waals surface area (Å²) in [6, 6.07) is -1.05. The Kier molecular flexibility index (Phi) is 10.9. The third-order valence-electron chi connectivity index (χ3n) is 3.10. The maximum absolute atomic E-state index is 11.7. The number of hydrogen-bond acceptors (Lipinski definition) is 7. The van der Waals surface area contributed by atoms with Gasteiger partial charge in [-0.3, -0.25) is 19.4 Å². The summed E-state index contributed by atoms with van der Waals surface area (Å²) in [5, 5.41) is 31.6. The molecular weight excluding hydrogens is 335 g/mol. The first-order valence-electron chi connectivity index (χ1n) is 7.59. The van der Waals surface area contributed by atoms with Crippen LogP contribution in [-0.2, 0) is 14.4 Å². The summed E-state index contributed by atoms with van der Waals surface area (Å²) in [6.45, 7) is -0.173. The summed E-state index contributed by atoms with van der Waals surface area (Å²) in [7, 11) is -1.79. The number of nitrogens with one attached hydrogen (secondary N) is 2. The van der Waals surface area contributed by atoms with Crippen molar-refractivity contribution < 1.29 is 29.5 Å². The summed E-state index contributed by atoms with van der Waals surface area (Å²) in [6.07, 6.45) is 0.264. The molecule has 0 bridgehead atoms. The van der Waals surface area contributed by atoms with Gasteiger partial charge in [0.2, 0.25) is 11.8 Å². The highest BCUT2D eigenvalue weighted by Crippen LogP contribution is 2.00. The highest BCUT2D eigenvalue weighted by Gasteiger charge is 2.25. The summed E-state index contributed by atoms with van der Waals surface area (Å²) < 4.78 is 0. The van der Waals surface area contributed by atoms with E-state index in [0.717, 1.165) is 0 Å². The summed E-state index contributed by atoms with van der Waals surface area (Å²) in [5.41, 5.74) is 15.8. The summed E-state index contributed by atoms with van der Waals surface area (Å²) >= 11 is 0. The number of hydrogen-bond donors (Lipinski definition) is 8. The Hall–Kier alpha value is -2.38. The third kappa shape index (κ3) is 11.7. The Balaban J connectivity index is 4.23. The van der Waals surface area contributed by atoms with Crippen molar-refractivity contribution in [2.75, 3.05) is 13.1 Å². The number of aliphatic imine (C=N–C) groups is 1. The molecule has 0 saturated heterocycles. The Morgan fingerprint density at radius 2 is 1.80 bits per heavy atom. The van der Waals surface area contributed by atoms with E-state index < -0.39 is 43.4 Å². The summed E-state index contributed by atoms with van der Waals surface area (Å²) in [4.78, 5) is 37.5. The fourth-order valence-corrected chi connectivity index (χ4v) is 1.78. The molecule has 2 amide bonds. The molecule has 11 N–H and O–H groups in total. The van der Waals surface area contributed by atoms with E-state index in [9.17, 15) is 24.4 Å². The molecule has 2 atom stereocenters. The molecule has 0 saturated carbocycles. The van der Waals surface area contributed by atoms with Gasteiger partial charge in [0.15, 0.2) is 5.96 Å². The molecule has 142 valence electrons. The van der Waals surface area contributed by atoms with Crippen LogP contribution >= 0.6 is 0 Å². The molecule has 0 fully saturated rings. The van der Waals surface area contributed by atoms with Gasteiger partial charge in [-0.2, -0.15) is 0 Å². The first-order chi connectivity index (χ1) is 11.6. The molecule has 0 spiro atoms. The van der Waals surface area contributed by atoms with Gasteiger partial charge in [-0.05, 0) is 19.3 Å². The van der Waals surface area contributed by atoms with E-state index in [1.54, 1.807) is 0 Å². The quantitative estimate of drug-likeness (QED) is 0.0730. The fourth-order valence-electron chi connectivity index (χ4n) is 1.78. The Bertz CT molecular complexity index is 485. The van der Waals surface area contributed by atoms with Crippen molar-refractivity contribution in [3.63, 3.8) is 0 Å². The van der Waals surface area contributed by atoms with Gasteiger partial charge in [0.1, 0.15) is 0 Å². The lowest BCUT2D eigenvalue weighted by Crippen LogP contribution is -2.51. The first kappa shape index (κ1) is 22.6. The average molecular weight is 360 g/mol. The van der Waals surface area contributed by atoms with E-state index in [4.69, 9.17) is 22.3 Å². The molecule has 0 aromatic carbocycles.